The van der Waals surface area contributed by atoms with E-state index in [0.29, 0.717) is 0 Å². The van der Waals surface area contributed by atoms with Gasteiger partial charge in [0.05, 0.1) is 0 Å². The van der Waals surface area contributed by atoms with Crippen molar-refractivity contribution in [2.24, 2.45) is 5.73 Å². The monoisotopic (exact) mass is 177 g/mol. The van der Waals surface area contributed by atoms with E-state index in [1.54, 1.807) is 11.3 Å². The molecule has 1 atom stereocenters. The standard InChI is InChI=1S/C7H11NS.ClH/c1-2-7(8)6-3-4-9-5-6;/h3-5,7H,2,8H2,1H3;1H/t7-;/m0./s1. The average molecular weight is 178 g/mol. The van der Waals surface area contributed by atoms with Gasteiger partial charge in [0.1, 0.15) is 0 Å². The fourth-order valence-electron chi connectivity index (χ4n) is 0.722. The van der Waals surface area contributed by atoms with Crippen molar-refractivity contribution in [1.29, 1.82) is 0 Å². The summed E-state index contributed by atoms with van der Waals surface area (Å²) in [6.45, 7) is 2.10. The van der Waals surface area contributed by atoms with Crippen molar-refractivity contribution in [2.75, 3.05) is 0 Å². The number of rotatable bonds is 2. The zero-order valence-corrected chi connectivity index (χ0v) is 7.54. The zero-order chi connectivity index (χ0) is 6.69. The van der Waals surface area contributed by atoms with Crippen molar-refractivity contribution < 1.29 is 0 Å². The van der Waals surface area contributed by atoms with Crippen LogP contribution in [0.25, 0.3) is 0 Å². The summed E-state index contributed by atoms with van der Waals surface area (Å²) in [5, 5.41) is 4.17. The van der Waals surface area contributed by atoms with Crippen LogP contribution < -0.4 is 5.73 Å². The Hall–Kier alpha value is -0.0500. The predicted molar refractivity (Wildman–Crippen MR) is 48.8 cm³/mol. The van der Waals surface area contributed by atoms with Crippen LogP contribution >= 0.6 is 23.7 Å². The van der Waals surface area contributed by atoms with Crippen molar-refractivity contribution in [1.82, 2.24) is 0 Å². The number of hydrogen-bond acceptors (Lipinski definition) is 2. The minimum atomic E-state index is 0. The van der Waals surface area contributed by atoms with E-state index in [1.807, 2.05) is 0 Å². The summed E-state index contributed by atoms with van der Waals surface area (Å²) >= 11 is 1.70. The average Bonchev–Trinajstić information content (AvgIpc) is 2.37. The van der Waals surface area contributed by atoms with Crippen molar-refractivity contribution >= 4 is 23.7 Å². The van der Waals surface area contributed by atoms with E-state index in [1.165, 1.54) is 5.56 Å². The summed E-state index contributed by atoms with van der Waals surface area (Å²) in [6.07, 6.45) is 1.02. The van der Waals surface area contributed by atoms with Gasteiger partial charge in [-0.05, 0) is 28.8 Å². The van der Waals surface area contributed by atoms with E-state index in [9.17, 15) is 0 Å². The van der Waals surface area contributed by atoms with E-state index in [2.05, 4.69) is 23.8 Å². The maximum absolute atomic E-state index is 5.75. The summed E-state index contributed by atoms with van der Waals surface area (Å²) in [5.74, 6) is 0. The Morgan fingerprint density at radius 3 is 2.80 bits per heavy atom. The molecule has 0 fully saturated rings. The van der Waals surface area contributed by atoms with Crippen LogP contribution in [0.1, 0.15) is 24.9 Å². The molecular formula is C7H12ClNS. The fourth-order valence-corrected chi connectivity index (χ4v) is 1.45. The molecule has 0 bridgehead atoms. The van der Waals surface area contributed by atoms with Gasteiger partial charge in [-0.15, -0.1) is 12.4 Å². The van der Waals surface area contributed by atoms with Crippen LogP contribution in [0, 0.1) is 0 Å². The molecule has 0 spiro atoms. The molecule has 0 saturated heterocycles. The van der Waals surface area contributed by atoms with Crippen molar-refractivity contribution in [3.05, 3.63) is 22.4 Å². The number of thiophene rings is 1. The van der Waals surface area contributed by atoms with Crippen molar-refractivity contribution in [3.63, 3.8) is 0 Å². The molecular weight excluding hydrogens is 166 g/mol. The Morgan fingerprint density at radius 1 is 1.70 bits per heavy atom. The predicted octanol–water partition coefficient (Wildman–Crippen LogP) is 2.58. The van der Waals surface area contributed by atoms with Gasteiger partial charge in [-0.3, -0.25) is 0 Å². The van der Waals surface area contributed by atoms with Crippen LogP contribution in [-0.4, -0.2) is 0 Å². The van der Waals surface area contributed by atoms with Crippen LogP contribution in [0.15, 0.2) is 16.8 Å². The van der Waals surface area contributed by atoms with E-state index >= 15 is 0 Å². The maximum Gasteiger partial charge on any atom is 0.0300 e. The third-order valence-electron chi connectivity index (χ3n) is 1.41. The Morgan fingerprint density at radius 2 is 2.40 bits per heavy atom. The van der Waals surface area contributed by atoms with Gasteiger partial charge in [-0.25, -0.2) is 0 Å². The molecule has 1 heterocycles. The SMILES string of the molecule is CC[C@H](N)c1ccsc1.Cl. The summed E-state index contributed by atoms with van der Waals surface area (Å²) in [4.78, 5) is 0. The molecule has 1 rings (SSSR count). The molecule has 3 heteroatoms. The van der Waals surface area contributed by atoms with Crippen LogP contribution in [-0.2, 0) is 0 Å². The molecule has 0 saturated carbocycles. The molecule has 0 aliphatic carbocycles. The van der Waals surface area contributed by atoms with E-state index in [4.69, 9.17) is 5.73 Å². The molecule has 2 N–H and O–H groups in total. The first-order valence-electron chi connectivity index (χ1n) is 3.12. The summed E-state index contributed by atoms with van der Waals surface area (Å²) in [7, 11) is 0. The summed E-state index contributed by atoms with van der Waals surface area (Å²) in [5.41, 5.74) is 7.01. The van der Waals surface area contributed by atoms with E-state index < -0.39 is 0 Å². The number of hydrogen-bond donors (Lipinski definition) is 1. The maximum atomic E-state index is 5.75. The lowest BCUT2D eigenvalue weighted by Crippen LogP contribution is -2.06. The minimum absolute atomic E-state index is 0. The normalized spacial score (nSPS) is 12.2. The molecule has 0 aliphatic heterocycles. The van der Waals surface area contributed by atoms with Crippen LogP contribution in [0.5, 0.6) is 0 Å². The third-order valence-corrected chi connectivity index (χ3v) is 2.11. The van der Waals surface area contributed by atoms with Crippen molar-refractivity contribution in [3.8, 4) is 0 Å². The van der Waals surface area contributed by atoms with E-state index in [-0.39, 0.29) is 18.4 Å². The number of nitrogens with two attached hydrogens (primary N) is 1. The van der Waals surface area contributed by atoms with E-state index in [0.717, 1.165) is 6.42 Å². The lowest BCUT2D eigenvalue weighted by Gasteiger charge is -2.03. The second kappa shape index (κ2) is 4.72. The second-order valence-corrected chi connectivity index (χ2v) is 2.85. The van der Waals surface area contributed by atoms with Gasteiger partial charge in [-0.2, -0.15) is 11.3 Å². The highest BCUT2D eigenvalue weighted by atomic mass is 35.5. The van der Waals surface area contributed by atoms with Gasteiger partial charge in [-0.1, -0.05) is 6.92 Å². The first-order chi connectivity index (χ1) is 4.34. The lowest BCUT2D eigenvalue weighted by molar-refractivity contribution is 0.701. The van der Waals surface area contributed by atoms with Gasteiger partial charge >= 0.3 is 0 Å². The third kappa shape index (κ3) is 2.29. The molecule has 10 heavy (non-hydrogen) atoms. The highest BCUT2D eigenvalue weighted by molar-refractivity contribution is 7.07. The first kappa shape index (κ1) is 9.95. The Kier molecular flexibility index (Phi) is 4.69. The Balaban J connectivity index is 0.000000810. The molecule has 0 radical (unpaired) electrons. The Labute approximate surface area is 71.7 Å². The zero-order valence-electron chi connectivity index (χ0n) is 5.91. The first-order valence-corrected chi connectivity index (χ1v) is 4.06. The lowest BCUT2D eigenvalue weighted by atomic mass is 10.1. The highest BCUT2D eigenvalue weighted by Gasteiger charge is 2.00. The molecule has 0 amide bonds. The molecule has 58 valence electrons. The highest BCUT2D eigenvalue weighted by Crippen LogP contribution is 2.15. The quantitative estimate of drug-likeness (QED) is 0.739. The molecule has 1 aromatic rings. The smallest absolute Gasteiger partial charge is 0.0300 e. The summed E-state index contributed by atoms with van der Waals surface area (Å²) < 4.78 is 0. The molecule has 0 unspecified atom stereocenters. The summed E-state index contributed by atoms with van der Waals surface area (Å²) in [6, 6.07) is 2.33. The van der Waals surface area contributed by atoms with Crippen LogP contribution in [0.4, 0.5) is 0 Å². The van der Waals surface area contributed by atoms with Gasteiger partial charge in [0.15, 0.2) is 0 Å². The molecule has 0 aromatic carbocycles. The largest absolute Gasteiger partial charge is 0.324 e. The van der Waals surface area contributed by atoms with Crippen molar-refractivity contribution in [2.45, 2.75) is 19.4 Å². The van der Waals surface area contributed by atoms with Crippen LogP contribution in [0.3, 0.4) is 0 Å². The van der Waals surface area contributed by atoms with Gasteiger partial charge in [0.2, 0.25) is 0 Å². The van der Waals surface area contributed by atoms with Crippen LogP contribution in [0.2, 0.25) is 0 Å². The number of halogens is 1. The second-order valence-electron chi connectivity index (χ2n) is 2.07. The molecule has 0 aliphatic rings. The molecule has 1 aromatic heterocycles. The topological polar surface area (TPSA) is 26.0 Å². The Bertz CT molecular complexity index is 162. The minimum Gasteiger partial charge on any atom is -0.324 e. The van der Waals surface area contributed by atoms with Gasteiger partial charge < -0.3 is 5.73 Å². The van der Waals surface area contributed by atoms with Gasteiger partial charge in [0, 0.05) is 6.04 Å². The molecule has 1 nitrogen and oxygen atoms in total. The fraction of sp³-hybridized carbons (Fsp3) is 0.429. The van der Waals surface area contributed by atoms with Gasteiger partial charge in [0.25, 0.3) is 0 Å².